The number of rotatable bonds is 1. The summed E-state index contributed by atoms with van der Waals surface area (Å²) in [7, 11) is 1.72. The van der Waals surface area contributed by atoms with Gasteiger partial charge in [-0.3, -0.25) is 4.79 Å². The summed E-state index contributed by atoms with van der Waals surface area (Å²) in [5.74, 6) is 0.486. The maximum Gasteiger partial charge on any atom is 0.260 e. The second-order valence-electron chi connectivity index (χ2n) is 5.38. The predicted molar refractivity (Wildman–Crippen MR) is 70.8 cm³/mol. The molecular weight excluding hydrogens is 228 g/mol. The number of benzene rings is 1. The summed E-state index contributed by atoms with van der Waals surface area (Å²) in [4.78, 5) is 15.6. The van der Waals surface area contributed by atoms with E-state index in [-0.39, 0.29) is 5.91 Å². The van der Waals surface area contributed by atoms with Crippen LogP contribution in [0.1, 0.15) is 25.0 Å². The summed E-state index contributed by atoms with van der Waals surface area (Å²) in [5.41, 5.74) is 2.70. The monoisotopic (exact) mass is 246 g/mol. The summed E-state index contributed by atoms with van der Waals surface area (Å²) >= 11 is 0. The van der Waals surface area contributed by atoms with Gasteiger partial charge in [-0.1, -0.05) is 13.0 Å². The fraction of sp³-hybridized carbons (Fsp3) is 0.500. The Morgan fingerprint density at radius 3 is 2.83 bits per heavy atom. The van der Waals surface area contributed by atoms with Crippen molar-refractivity contribution in [1.82, 2.24) is 0 Å². The van der Waals surface area contributed by atoms with E-state index >= 15 is 0 Å². The summed E-state index contributed by atoms with van der Waals surface area (Å²) in [6.45, 7) is 4.39. The average molecular weight is 246 g/mol. The highest BCUT2D eigenvalue weighted by molar-refractivity contribution is 6.03. The van der Waals surface area contributed by atoms with Crippen LogP contribution in [0.5, 0.6) is 0 Å². The predicted octanol–water partition coefficient (Wildman–Crippen LogP) is 1.54. The Labute approximate surface area is 107 Å². The molecule has 4 heteroatoms. The third-order valence-electron chi connectivity index (χ3n) is 4.02. The van der Waals surface area contributed by atoms with Crippen LogP contribution >= 0.6 is 0 Å². The van der Waals surface area contributed by atoms with Gasteiger partial charge in [0.05, 0.1) is 5.69 Å². The zero-order chi connectivity index (χ0) is 12.9. The second kappa shape index (κ2) is 3.99. The highest BCUT2D eigenvalue weighted by Gasteiger charge is 2.34. The Morgan fingerprint density at radius 1 is 1.39 bits per heavy atom. The van der Waals surface area contributed by atoms with Crippen LogP contribution in [0.2, 0.25) is 0 Å². The van der Waals surface area contributed by atoms with Gasteiger partial charge in [-0.2, -0.15) is 0 Å². The molecule has 3 rings (SSSR count). The summed E-state index contributed by atoms with van der Waals surface area (Å²) in [5, 5.41) is 9.81. The van der Waals surface area contributed by atoms with E-state index in [0.717, 1.165) is 35.9 Å². The smallest absolute Gasteiger partial charge is 0.260 e. The molecule has 2 unspecified atom stereocenters. The van der Waals surface area contributed by atoms with E-state index in [0.29, 0.717) is 0 Å². The maximum atomic E-state index is 11.7. The third-order valence-corrected chi connectivity index (χ3v) is 4.02. The number of hydrogen-bond donors (Lipinski definition) is 1. The molecule has 1 aromatic rings. The molecule has 18 heavy (non-hydrogen) atoms. The third kappa shape index (κ3) is 1.60. The van der Waals surface area contributed by atoms with Gasteiger partial charge >= 0.3 is 0 Å². The van der Waals surface area contributed by atoms with E-state index < -0.39 is 6.10 Å². The second-order valence-corrected chi connectivity index (χ2v) is 5.38. The first kappa shape index (κ1) is 11.5. The normalized spacial score (nSPS) is 26.9. The van der Waals surface area contributed by atoms with E-state index in [1.54, 1.807) is 11.9 Å². The molecule has 0 aromatic heterocycles. The molecule has 2 aliphatic heterocycles. The van der Waals surface area contributed by atoms with Crippen molar-refractivity contribution < 1.29 is 9.90 Å². The van der Waals surface area contributed by atoms with Crippen molar-refractivity contribution in [3.8, 4) is 0 Å². The molecule has 2 atom stereocenters. The standard InChI is InChI=1S/C14H18N2O2/c1-9-5-6-16(8-9)10-3-4-11-12(7-10)15(2)14(18)13(11)17/h3-4,7,9,13,17H,5-6,8H2,1-2H3. The van der Waals surface area contributed by atoms with Crippen LogP contribution < -0.4 is 9.80 Å². The zero-order valence-electron chi connectivity index (χ0n) is 10.8. The largest absolute Gasteiger partial charge is 0.378 e. The van der Waals surface area contributed by atoms with Gasteiger partial charge in [0.25, 0.3) is 5.91 Å². The molecule has 1 fully saturated rings. The van der Waals surface area contributed by atoms with Crippen LogP contribution in [0.15, 0.2) is 18.2 Å². The first-order chi connectivity index (χ1) is 8.58. The number of aliphatic hydroxyl groups excluding tert-OH is 1. The average Bonchev–Trinajstić information content (AvgIpc) is 2.89. The lowest BCUT2D eigenvalue weighted by Crippen LogP contribution is -2.24. The lowest BCUT2D eigenvalue weighted by atomic mass is 10.1. The SMILES string of the molecule is CC1CCN(c2ccc3c(c2)N(C)C(=O)C3O)C1. The van der Waals surface area contributed by atoms with Crippen molar-refractivity contribution in [2.45, 2.75) is 19.4 Å². The number of fused-ring (bicyclic) bond motifs is 1. The molecular formula is C14H18N2O2. The fourth-order valence-electron chi connectivity index (χ4n) is 2.86. The molecule has 0 spiro atoms. The quantitative estimate of drug-likeness (QED) is 0.817. The minimum atomic E-state index is -0.989. The Hall–Kier alpha value is -1.55. The Balaban J connectivity index is 1.95. The number of anilines is 2. The fourth-order valence-corrected chi connectivity index (χ4v) is 2.86. The molecule has 1 saturated heterocycles. The van der Waals surface area contributed by atoms with Crippen LogP contribution in [0.4, 0.5) is 11.4 Å². The van der Waals surface area contributed by atoms with E-state index in [1.165, 1.54) is 6.42 Å². The number of likely N-dealkylation sites (N-methyl/N-ethyl adjacent to an activating group) is 1. The lowest BCUT2D eigenvalue weighted by molar-refractivity contribution is -0.125. The summed E-state index contributed by atoms with van der Waals surface area (Å²) in [6.07, 6.45) is 0.227. The first-order valence-electron chi connectivity index (χ1n) is 6.42. The van der Waals surface area contributed by atoms with Gasteiger partial charge in [0, 0.05) is 31.4 Å². The topological polar surface area (TPSA) is 43.8 Å². The van der Waals surface area contributed by atoms with Crippen molar-refractivity contribution in [2.24, 2.45) is 5.92 Å². The molecule has 1 aromatic carbocycles. The number of hydrogen-bond acceptors (Lipinski definition) is 3. The first-order valence-corrected chi connectivity index (χ1v) is 6.42. The van der Waals surface area contributed by atoms with Gasteiger partial charge in [0.2, 0.25) is 0 Å². The molecule has 2 aliphatic rings. The molecule has 4 nitrogen and oxygen atoms in total. The van der Waals surface area contributed by atoms with Gasteiger partial charge in [0.1, 0.15) is 0 Å². The van der Waals surface area contributed by atoms with Crippen molar-refractivity contribution in [1.29, 1.82) is 0 Å². The molecule has 0 bridgehead atoms. The highest BCUT2D eigenvalue weighted by atomic mass is 16.3. The Bertz CT molecular complexity index is 501. The molecule has 1 N–H and O–H groups in total. The maximum absolute atomic E-state index is 11.7. The Morgan fingerprint density at radius 2 is 2.17 bits per heavy atom. The molecule has 1 amide bonds. The Kier molecular flexibility index (Phi) is 2.55. The number of aliphatic hydroxyl groups is 1. The minimum absolute atomic E-state index is 0.239. The number of nitrogens with zero attached hydrogens (tertiary/aromatic N) is 2. The zero-order valence-corrected chi connectivity index (χ0v) is 10.8. The van der Waals surface area contributed by atoms with E-state index in [4.69, 9.17) is 0 Å². The number of amides is 1. The minimum Gasteiger partial charge on any atom is -0.378 e. The van der Waals surface area contributed by atoms with Crippen LogP contribution in [0.25, 0.3) is 0 Å². The van der Waals surface area contributed by atoms with Crippen LogP contribution in [0, 0.1) is 5.92 Å². The van der Waals surface area contributed by atoms with Gasteiger partial charge < -0.3 is 14.9 Å². The van der Waals surface area contributed by atoms with Crippen LogP contribution in [-0.2, 0) is 4.79 Å². The number of carbonyl (C=O) groups is 1. The van der Waals surface area contributed by atoms with Gasteiger partial charge in [0.15, 0.2) is 6.10 Å². The highest BCUT2D eigenvalue weighted by Crippen LogP contribution is 2.38. The summed E-state index contributed by atoms with van der Waals surface area (Å²) in [6, 6.07) is 5.90. The van der Waals surface area contributed by atoms with E-state index in [1.807, 2.05) is 18.2 Å². The van der Waals surface area contributed by atoms with Gasteiger partial charge in [-0.15, -0.1) is 0 Å². The summed E-state index contributed by atoms with van der Waals surface area (Å²) < 4.78 is 0. The van der Waals surface area contributed by atoms with Crippen LogP contribution in [0.3, 0.4) is 0 Å². The molecule has 0 aliphatic carbocycles. The molecule has 96 valence electrons. The molecule has 0 radical (unpaired) electrons. The van der Waals surface area contributed by atoms with Crippen molar-refractivity contribution >= 4 is 17.3 Å². The van der Waals surface area contributed by atoms with Crippen molar-refractivity contribution in [2.75, 3.05) is 29.9 Å². The molecule has 0 saturated carbocycles. The van der Waals surface area contributed by atoms with E-state index in [9.17, 15) is 9.90 Å². The van der Waals surface area contributed by atoms with Crippen molar-refractivity contribution in [3.05, 3.63) is 23.8 Å². The van der Waals surface area contributed by atoms with Crippen molar-refractivity contribution in [3.63, 3.8) is 0 Å². The van der Waals surface area contributed by atoms with Gasteiger partial charge in [-0.25, -0.2) is 0 Å². The molecule has 2 heterocycles. The van der Waals surface area contributed by atoms with Gasteiger partial charge in [-0.05, 0) is 24.5 Å². The van der Waals surface area contributed by atoms with Crippen LogP contribution in [-0.4, -0.2) is 31.2 Å². The lowest BCUT2D eigenvalue weighted by Gasteiger charge is -2.20. The van der Waals surface area contributed by atoms with E-state index in [2.05, 4.69) is 11.8 Å². The number of carbonyl (C=O) groups excluding carboxylic acids is 1.